The lowest BCUT2D eigenvalue weighted by atomic mass is 10.2. The van der Waals surface area contributed by atoms with Gasteiger partial charge in [0.15, 0.2) is 0 Å². The lowest BCUT2D eigenvalue weighted by molar-refractivity contribution is 0.629. The number of halogens is 1. The molecule has 0 aliphatic rings. The van der Waals surface area contributed by atoms with Gasteiger partial charge in [0, 0.05) is 16.8 Å². The van der Waals surface area contributed by atoms with Crippen molar-refractivity contribution < 1.29 is 4.39 Å². The van der Waals surface area contributed by atoms with Crippen molar-refractivity contribution in [3.8, 4) is 6.07 Å². The molecule has 17 heavy (non-hydrogen) atoms. The van der Waals surface area contributed by atoms with E-state index in [2.05, 4.69) is 11.4 Å². The molecule has 0 aliphatic carbocycles. The summed E-state index contributed by atoms with van der Waals surface area (Å²) in [6.07, 6.45) is 0. The number of para-hydroxylation sites is 1. The molecule has 86 valence electrons. The van der Waals surface area contributed by atoms with Gasteiger partial charge in [-0.1, -0.05) is 12.1 Å². The molecule has 2 rings (SSSR count). The predicted molar refractivity (Wildman–Crippen MR) is 67.5 cm³/mol. The van der Waals surface area contributed by atoms with Gasteiger partial charge in [0.25, 0.3) is 0 Å². The number of benzene rings is 1. The maximum atomic E-state index is 13.5. The van der Waals surface area contributed by atoms with Crippen LogP contribution >= 0.6 is 11.3 Å². The Bertz CT molecular complexity index is 549. The van der Waals surface area contributed by atoms with Gasteiger partial charge in [-0.3, -0.25) is 0 Å². The van der Waals surface area contributed by atoms with E-state index in [4.69, 9.17) is 5.26 Å². The van der Waals surface area contributed by atoms with Crippen LogP contribution in [-0.4, -0.2) is 0 Å². The van der Waals surface area contributed by atoms with E-state index in [1.807, 2.05) is 19.1 Å². The smallest absolute Gasteiger partial charge is 0.146 e. The molecule has 0 fully saturated rings. The van der Waals surface area contributed by atoms with Crippen LogP contribution in [0, 0.1) is 24.1 Å². The number of nitrogens with one attached hydrogen (secondary N) is 1. The van der Waals surface area contributed by atoms with E-state index in [0.29, 0.717) is 17.8 Å². The van der Waals surface area contributed by atoms with Gasteiger partial charge in [-0.05, 0) is 24.6 Å². The lowest BCUT2D eigenvalue weighted by Crippen LogP contribution is -2.01. The zero-order valence-corrected chi connectivity index (χ0v) is 10.1. The van der Waals surface area contributed by atoms with Gasteiger partial charge in [-0.15, -0.1) is 11.3 Å². The van der Waals surface area contributed by atoms with Crippen LogP contribution in [0.15, 0.2) is 29.6 Å². The number of hydrogen-bond donors (Lipinski definition) is 1. The number of anilines is 1. The first-order valence-electron chi connectivity index (χ1n) is 5.17. The Labute approximate surface area is 103 Å². The van der Waals surface area contributed by atoms with Crippen LogP contribution in [0.3, 0.4) is 0 Å². The second-order valence-electron chi connectivity index (χ2n) is 3.70. The van der Waals surface area contributed by atoms with Crippen molar-refractivity contribution in [1.82, 2.24) is 0 Å². The molecular formula is C13H11FN2S. The van der Waals surface area contributed by atoms with E-state index in [0.717, 1.165) is 10.4 Å². The van der Waals surface area contributed by atoms with Crippen molar-refractivity contribution in [2.45, 2.75) is 13.5 Å². The SMILES string of the molecule is Cc1cccc(F)c1NCc1cc(C#N)cs1. The van der Waals surface area contributed by atoms with Gasteiger partial charge < -0.3 is 5.32 Å². The fourth-order valence-corrected chi connectivity index (χ4v) is 2.31. The first-order chi connectivity index (χ1) is 8.20. The number of aryl methyl sites for hydroxylation is 1. The summed E-state index contributed by atoms with van der Waals surface area (Å²) >= 11 is 1.50. The highest BCUT2D eigenvalue weighted by molar-refractivity contribution is 7.10. The van der Waals surface area contributed by atoms with E-state index in [1.165, 1.54) is 17.4 Å². The highest BCUT2D eigenvalue weighted by Crippen LogP contribution is 2.21. The molecule has 1 heterocycles. The second kappa shape index (κ2) is 4.98. The quantitative estimate of drug-likeness (QED) is 0.896. The minimum atomic E-state index is -0.248. The largest absolute Gasteiger partial charge is 0.378 e. The van der Waals surface area contributed by atoms with Crippen molar-refractivity contribution >= 4 is 17.0 Å². The summed E-state index contributed by atoms with van der Waals surface area (Å²) in [6.45, 7) is 2.40. The van der Waals surface area contributed by atoms with Gasteiger partial charge in [0.05, 0.1) is 11.3 Å². The van der Waals surface area contributed by atoms with Crippen LogP contribution < -0.4 is 5.32 Å². The summed E-state index contributed by atoms with van der Waals surface area (Å²) in [6, 6.07) is 8.88. The fraction of sp³-hybridized carbons (Fsp3) is 0.154. The Morgan fingerprint density at radius 1 is 1.47 bits per heavy atom. The van der Waals surface area contributed by atoms with E-state index in [-0.39, 0.29) is 5.82 Å². The minimum absolute atomic E-state index is 0.248. The lowest BCUT2D eigenvalue weighted by Gasteiger charge is -2.09. The molecule has 0 bridgehead atoms. The maximum absolute atomic E-state index is 13.5. The van der Waals surface area contributed by atoms with E-state index in [9.17, 15) is 4.39 Å². The number of nitrogens with zero attached hydrogens (tertiary/aromatic N) is 1. The van der Waals surface area contributed by atoms with Crippen LogP contribution in [0.5, 0.6) is 0 Å². The highest BCUT2D eigenvalue weighted by Gasteiger charge is 2.05. The molecule has 2 nitrogen and oxygen atoms in total. The third kappa shape index (κ3) is 2.63. The molecule has 0 radical (unpaired) electrons. The van der Waals surface area contributed by atoms with Crippen LogP contribution in [-0.2, 0) is 6.54 Å². The van der Waals surface area contributed by atoms with E-state index in [1.54, 1.807) is 11.4 Å². The van der Waals surface area contributed by atoms with Crippen LogP contribution in [0.1, 0.15) is 16.0 Å². The van der Waals surface area contributed by atoms with Crippen molar-refractivity contribution in [2.24, 2.45) is 0 Å². The van der Waals surface area contributed by atoms with Gasteiger partial charge >= 0.3 is 0 Å². The zero-order chi connectivity index (χ0) is 12.3. The summed E-state index contributed by atoms with van der Waals surface area (Å²) in [5, 5.41) is 13.6. The molecule has 2 aromatic rings. The standard InChI is InChI=1S/C13H11FN2S/c1-9-3-2-4-12(14)13(9)16-7-11-5-10(6-15)8-17-11/h2-5,8,16H,7H2,1H3. The normalized spacial score (nSPS) is 9.94. The van der Waals surface area contributed by atoms with Gasteiger partial charge in [0.1, 0.15) is 11.9 Å². The molecule has 0 atom stereocenters. The van der Waals surface area contributed by atoms with Crippen molar-refractivity contribution in [1.29, 1.82) is 5.26 Å². The Hall–Kier alpha value is -1.86. The molecule has 0 saturated heterocycles. The summed E-state index contributed by atoms with van der Waals surface area (Å²) in [5.74, 6) is -0.248. The molecule has 0 spiro atoms. The monoisotopic (exact) mass is 246 g/mol. The van der Waals surface area contributed by atoms with Crippen molar-refractivity contribution in [3.63, 3.8) is 0 Å². The maximum Gasteiger partial charge on any atom is 0.146 e. The second-order valence-corrected chi connectivity index (χ2v) is 4.69. The fourth-order valence-electron chi connectivity index (χ4n) is 1.56. The highest BCUT2D eigenvalue weighted by atomic mass is 32.1. The summed E-state index contributed by atoms with van der Waals surface area (Å²) in [7, 11) is 0. The molecule has 1 N–H and O–H groups in total. The summed E-state index contributed by atoms with van der Waals surface area (Å²) in [4.78, 5) is 1.02. The first kappa shape index (κ1) is 11.6. The van der Waals surface area contributed by atoms with Crippen LogP contribution in [0.2, 0.25) is 0 Å². The minimum Gasteiger partial charge on any atom is -0.378 e. The Balaban J connectivity index is 2.10. The topological polar surface area (TPSA) is 35.8 Å². The third-order valence-corrected chi connectivity index (χ3v) is 3.38. The molecule has 0 amide bonds. The van der Waals surface area contributed by atoms with Crippen molar-refractivity contribution in [3.05, 3.63) is 51.5 Å². The first-order valence-corrected chi connectivity index (χ1v) is 6.05. The predicted octanol–water partition coefficient (Wildman–Crippen LogP) is 3.68. The zero-order valence-electron chi connectivity index (χ0n) is 9.33. The van der Waals surface area contributed by atoms with Crippen molar-refractivity contribution in [2.75, 3.05) is 5.32 Å². The number of thiophene rings is 1. The third-order valence-electron chi connectivity index (χ3n) is 2.44. The molecule has 1 aromatic heterocycles. The summed E-state index contributed by atoms with van der Waals surface area (Å²) in [5.41, 5.74) is 2.05. The molecular weight excluding hydrogens is 235 g/mol. The number of rotatable bonds is 3. The average molecular weight is 246 g/mol. The number of nitriles is 1. The Kier molecular flexibility index (Phi) is 3.40. The Morgan fingerprint density at radius 3 is 2.94 bits per heavy atom. The molecule has 0 unspecified atom stereocenters. The molecule has 4 heteroatoms. The molecule has 0 saturated carbocycles. The Morgan fingerprint density at radius 2 is 2.29 bits per heavy atom. The van der Waals surface area contributed by atoms with E-state index < -0.39 is 0 Å². The van der Waals surface area contributed by atoms with Gasteiger partial charge in [-0.2, -0.15) is 5.26 Å². The average Bonchev–Trinajstić information content (AvgIpc) is 2.76. The summed E-state index contributed by atoms with van der Waals surface area (Å²) < 4.78 is 13.5. The molecule has 0 aliphatic heterocycles. The number of hydrogen-bond acceptors (Lipinski definition) is 3. The van der Waals surface area contributed by atoms with Gasteiger partial charge in [0.2, 0.25) is 0 Å². The molecule has 1 aromatic carbocycles. The van der Waals surface area contributed by atoms with E-state index >= 15 is 0 Å². The van der Waals surface area contributed by atoms with Gasteiger partial charge in [-0.25, -0.2) is 4.39 Å². The van der Waals surface area contributed by atoms with Crippen LogP contribution in [0.4, 0.5) is 10.1 Å². The van der Waals surface area contributed by atoms with Crippen LogP contribution in [0.25, 0.3) is 0 Å².